The fourth-order valence-corrected chi connectivity index (χ4v) is 3.53. The van der Waals surface area contributed by atoms with Crippen molar-refractivity contribution in [2.45, 2.75) is 65.7 Å². The van der Waals surface area contributed by atoms with Gasteiger partial charge in [0.25, 0.3) is 0 Å². The summed E-state index contributed by atoms with van der Waals surface area (Å²) in [4.78, 5) is 12.4. The van der Waals surface area contributed by atoms with E-state index in [9.17, 15) is 4.79 Å². The van der Waals surface area contributed by atoms with Crippen LogP contribution in [0.1, 0.15) is 65.7 Å². The predicted octanol–water partition coefficient (Wildman–Crippen LogP) is 3.96. The van der Waals surface area contributed by atoms with Gasteiger partial charge in [-0.2, -0.15) is 0 Å². The average Bonchev–Trinajstić information content (AvgIpc) is 2.23. The van der Waals surface area contributed by atoms with Crippen LogP contribution in [0.2, 0.25) is 0 Å². The van der Waals surface area contributed by atoms with Gasteiger partial charge in [-0.25, -0.2) is 0 Å². The Balaban J connectivity index is 2.25. The Morgan fingerprint density at radius 3 is 2.53 bits per heavy atom. The lowest BCUT2D eigenvalue weighted by Gasteiger charge is -2.39. The molecule has 2 aliphatic carbocycles. The molecule has 0 heterocycles. The van der Waals surface area contributed by atoms with Gasteiger partial charge in [0.15, 0.2) is 0 Å². The van der Waals surface area contributed by atoms with E-state index in [1.165, 1.54) is 32.1 Å². The first-order valence-corrected chi connectivity index (χ1v) is 6.47. The normalized spacial score (nSPS) is 40.7. The maximum Gasteiger partial charge on any atom is 0.139 e. The van der Waals surface area contributed by atoms with E-state index in [1.807, 2.05) is 0 Å². The van der Waals surface area contributed by atoms with Crippen LogP contribution in [0.15, 0.2) is 0 Å². The third-order valence-corrected chi connectivity index (χ3v) is 4.85. The van der Waals surface area contributed by atoms with E-state index in [1.54, 1.807) is 0 Å². The molecule has 0 aliphatic heterocycles. The van der Waals surface area contributed by atoms with Crippen LogP contribution in [0.4, 0.5) is 0 Å². The van der Waals surface area contributed by atoms with E-state index in [0.29, 0.717) is 11.7 Å². The number of carbonyl (C=O) groups is 1. The second kappa shape index (κ2) is 3.61. The number of hydrogen-bond donors (Lipinski definition) is 0. The van der Waals surface area contributed by atoms with Crippen molar-refractivity contribution in [1.29, 1.82) is 0 Å². The number of Topliss-reactive ketones (excluding diaryl/α,β-unsaturated/α-hetero) is 1. The van der Waals surface area contributed by atoms with Crippen molar-refractivity contribution in [3.63, 3.8) is 0 Å². The maximum atomic E-state index is 12.4. The highest BCUT2D eigenvalue weighted by Gasteiger charge is 2.46. The summed E-state index contributed by atoms with van der Waals surface area (Å²) in [6, 6.07) is 0. The number of carbonyl (C=O) groups excluding carboxylic acids is 1. The van der Waals surface area contributed by atoms with Crippen LogP contribution in [0, 0.1) is 16.7 Å². The Kier molecular flexibility index (Phi) is 2.68. The first-order valence-electron chi connectivity index (χ1n) is 6.47. The van der Waals surface area contributed by atoms with E-state index < -0.39 is 0 Å². The molecule has 0 aromatic rings. The minimum absolute atomic E-state index is 0.0338. The van der Waals surface area contributed by atoms with Crippen LogP contribution in [0.25, 0.3) is 0 Å². The minimum Gasteiger partial charge on any atom is -0.299 e. The molecule has 2 saturated carbocycles. The summed E-state index contributed by atoms with van der Waals surface area (Å²) in [7, 11) is 0. The highest BCUT2D eigenvalue weighted by Crippen LogP contribution is 2.50. The fourth-order valence-electron chi connectivity index (χ4n) is 3.53. The van der Waals surface area contributed by atoms with E-state index in [-0.39, 0.29) is 10.8 Å². The molecule has 0 saturated heterocycles. The largest absolute Gasteiger partial charge is 0.299 e. The van der Waals surface area contributed by atoms with Crippen molar-refractivity contribution in [1.82, 2.24) is 0 Å². The van der Waals surface area contributed by atoms with Gasteiger partial charge in [-0.3, -0.25) is 4.79 Å². The highest BCUT2D eigenvalue weighted by atomic mass is 16.1. The molecule has 0 aromatic heterocycles. The van der Waals surface area contributed by atoms with Gasteiger partial charge in [-0.05, 0) is 37.0 Å². The lowest BCUT2D eigenvalue weighted by atomic mass is 9.64. The molecule has 0 N–H and O–H groups in total. The molecule has 0 unspecified atom stereocenters. The second-order valence-corrected chi connectivity index (χ2v) is 6.66. The summed E-state index contributed by atoms with van der Waals surface area (Å²) in [6.45, 7) is 6.75. The summed E-state index contributed by atoms with van der Waals surface area (Å²) >= 11 is 0. The van der Waals surface area contributed by atoms with Crippen LogP contribution in [0.3, 0.4) is 0 Å². The van der Waals surface area contributed by atoms with Crippen LogP contribution in [0.5, 0.6) is 0 Å². The smallest absolute Gasteiger partial charge is 0.139 e. The van der Waals surface area contributed by atoms with Gasteiger partial charge < -0.3 is 0 Å². The molecule has 1 heteroatoms. The number of hydrogen-bond acceptors (Lipinski definition) is 1. The van der Waals surface area contributed by atoms with Gasteiger partial charge in [-0.1, -0.05) is 33.6 Å². The Morgan fingerprint density at radius 1 is 1.07 bits per heavy atom. The predicted molar refractivity (Wildman–Crippen MR) is 62.7 cm³/mol. The Morgan fingerprint density at radius 2 is 1.80 bits per heavy atom. The van der Waals surface area contributed by atoms with Gasteiger partial charge in [0.05, 0.1) is 0 Å². The molecule has 2 fully saturated rings. The Labute approximate surface area is 93.6 Å². The molecule has 2 aliphatic rings. The van der Waals surface area contributed by atoms with Crippen LogP contribution in [-0.4, -0.2) is 5.78 Å². The third kappa shape index (κ3) is 1.98. The van der Waals surface area contributed by atoms with E-state index in [0.717, 1.165) is 12.8 Å². The van der Waals surface area contributed by atoms with Crippen LogP contribution in [-0.2, 0) is 4.79 Å². The second-order valence-electron chi connectivity index (χ2n) is 6.66. The summed E-state index contributed by atoms with van der Waals surface area (Å²) in [5.74, 6) is 1.23. The fraction of sp³-hybridized carbons (Fsp3) is 0.929. The van der Waals surface area contributed by atoms with E-state index in [4.69, 9.17) is 0 Å². The summed E-state index contributed by atoms with van der Waals surface area (Å²) in [5.41, 5.74) is 0.281. The van der Waals surface area contributed by atoms with Gasteiger partial charge in [0.2, 0.25) is 0 Å². The zero-order valence-electron chi connectivity index (χ0n) is 10.4. The van der Waals surface area contributed by atoms with Crippen molar-refractivity contribution in [2.24, 2.45) is 16.7 Å². The molecular formula is C14H24O. The van der Waals surface area contributed by atoms with E-state index in [2.05, 4.69) is 20.8 Å². The first-order chi connectivity index (χ1) is 6.94. The SMILES string of the molecule is CC1(C)CC[C@H]2CCCC[C@@]2(C)C(=O)C1. The van der Waals surface area contributed by atoms with Crippen molar-refractivity contribution in [3.8, 4) is 0 Å². The van der Waals surface area contributed by atoms with Crippen molar-refractivity contribution >= 4 is 5.78 Å². The van der Waals surface area contributed by atoms with Gasteiger partial charge >= 0.3 is 0 Å². The molecule has 0 spiro atoms. The summed E-state index contributed by atoms with van der Waals surface area (Å²) < 4.78 is 0. The maximum absolute atomic E-state index is 12.4. The van der Waals surface area contributed by atoms with Crippen LogP contribution >= 0.6 is 0 Å². The third-order valence-electron chi connectivity index (χ3n) is 4.85. The highest BCUT2D eigenvalue weighted by molar-refractivity contribution is 5.85. The van der Waals surface area contributed by atoms with Crippen molar-refractivity contribution in [3.05, 3.63) is 0 Å². The molecule has 86 valence electrons. The Hall–Kier alpha value is -0.330. The topological polar surface area (TPSA) is 17.1 Å². The van der Waals surface area contributed by atoms with Crippen LogP contribution < -0.4 is 0 Å². The molecule has 15 heavy (non-hydrogen) atoms. The Bertz CT molecular complexity index is 267. The van der Waals surface area contributed by atoms with E-state index >= 15 is 0 Å². The molecule has 0 radical (unpaired) electrons. The number of fused-ring (bicyclic) bond motifs is 1. The zero-order valence-corrected chi connectivity index (χ0v) is 10.4. The molecule has 2 rings (SSSR count). The number of rotatable bonds is 0. The van der Waals surface area contributed by atoms with Gasteiger partial charge in [0, 0.05) is 11.8 Å². The summed E-state index contributed by atoms with van der Waals surface area (Å²) in [5, 5.41) is 0. The molecule has 0 bridgehead atoms. The molecule has 0 aromatic carbocycles. The molecule has 0 amide bonds. The summed E-state index contributed by atoms with van der Waals surface area (Å²) in [6.07, 6.45) is 8.35. The minimum atomic E-state index is 0.0338. The zero-order chi connectivity index (χ0) is 11.1. The standard InChI is InChI=1S/C14H24O/c1-13(2)9-7-11-6-4-5-8-14(11,3)12(15)10-13/h11H,4-10H2,1-3H3/t11-,14-/m1/s1. The quantitative estimate of drug-likeness (QED) is 0.589. The van der Waals surface area contributed by atoms with Crippen molar-refractivity contribution in [2.75, 3.05) is 0 Å². The number of ketones is 1. The molecular weight excluding hydrogens is 184 g/mol. The average molecular weight is 208 g/mol. The lowest BCUT2D eigenvalue weighted by Crippen LogP contribution is -2.37. The lowest BCUT2D eigenvalue weighted by molar-refractivity contribution is -0.133. The van der Waals surface area contributed by atoms with Gasteiger partial charge in [-0.15, -0.1) is 0 Å². The molecule has 2 atom stereocenters. The monoisotopic (exact) mass is 208 g/mol. The van der Waals surface area contributed by atoms with Crippen molar-refractivity contribution < 1.29 is 4.79 Å². The molecule has 1 nitrogen and oxygen atoms in total. The van der Waals surface area contributed by atoms with Gasteiger partial charge in [0.1, 0.15) is 5.78 Å². The first kappa shape index (κ1) is 11.2.